The maximum absolute atomic E-state index is 15.5. The van der Waals surface area contributed by atoms with Crippen molar-refractivity contribution >= 4 is 93.7 Å². The largest absolute Gasteiger partial charge is 0.508 e. The summed E-state index contributed by atoms with van der Waals surface area (Å²) in [4.78, 5) is 171. The van der Waals surface area contributed by atoms with Crippen LogP contribution >= 0.6 is 0 Å². The molecule has 1 saturated heterocycles. The minimum Gasteiger partial charge on any atom is -0.508 e. The monoisotopic (exact) mass is 1530 g/mol. The SMILES string of the molecule is NC(N)=NCCC[C@H](NC(=O)[C@H](Cc1ccc(O)cc1)NC(=O)[C@H](CCCN=C(N)N)NC(=O)[C@H](Cc1cnc[nH]1)NC(=O)[C@H](CC1CCCCC1)NC(=O)[C@@H]1CCCN1C(=O)C(NC(=O)[C@H](CCCN=C(N)N)NC(=O)[C@H](Cc1ccc2ccccc2c1)NC(=O)[C@@H](N)CCCN=C(N)N)C1CCCCC1)C(=O)O. The van der Waals surface area contributed by atoms with Gasteiger partial charge >= 0.3 is 5.97 Å². The van der Waals surface area contributed by atoms with Crippen LogP contribution in [0.15, 0.2) is 99.2 Å². The Labute approximate surface area is 639 Å². The van der Waals surface area contributed by atoms with Crippen molar-refractivity contribution in [3.05, 3.63) is 96.1 Å². The summed E-state index contributed by atoms with van der Waals surface area (Å²) < 4.78 is 0. The van der Waals surface area contributed by atoms with Crippen molar-refractivity contribution in [3.8, 4) is 5.75 Å². The van der Waals surface area contributed by atoms with Crippen LogP contribution in [0.1, 0.15) is 152 Å². The second kappa shape index (κ2) is 44.2. The van der Waals surface area contributed by atoms with Gasteiger partial charge < -0.3 is 114 Å². The van der Waals surface area contributed by atoms with Crippen molar-refractivity contribution in [1.29, 1.82) is 0 Å². The molecular formula is C74H112N24O12. The van der Waals surface area contributed by atoms with Crippen LogP contribution in [0, 0.1) is 11.8 Å². The number of imidazole rings is 1. The van der Waals surface area contributed by atoms with Gasteiger partial charge in [-0.15, -0.1) is 0 Å². The first-order valence-corrected chi connectivity index (χ1v) is 37.9. The summed E-state index contributed by atoms with van der Waals surface area (Å²) in [6.45, 7) is 0.462. The number of carboxylic acid groups (broad SMARTS) is 1. The zero-order chi connectivity index (χ0) is 79.7. The Bertz CT molecular complexity index is 3830. The molecule has 600 valence electrons. The van der Waals surface area contributed by atoms with Crippen molar-refractivity contribution in [2.24, 2.45) is 83.4 Å². The number of amides is 9. The van der Waals surface area contributed by atoms with E-state index in [1.807, 2.05) is 42.5 Å². The van der Waals surface area contributed by atoms with E-state index in [0.29, 0.717) is 42.5 Å². The number of aromatic amines is 1. The van der Waals surface area contributed by atoms with Crippen LogP contribution in [0.2, 0.25) is 0 Å². The van der Waals surface area contributed by atoms with Gasteiger partial charge in [0.05, 0.1) is 12.4 Å². The standard InChI is InChI=1S/C74H112N24O12/c75-51(20-9-31-85-71(76)77)61(100)93-57(39-45-25-28-46-16-7-8-19-48(46)36-45)64(103)91-53(22-11-33-87-73(80)81)63(102)97-60(47-17-5-2-6-18-47)69(108)98-35-13-24-59(98)68(107)96-56(37-43-14-3-1-4-15-43)66(105)95-58(40-49-41-84-42-89-49)67(106)90-52(21-10-32-86-72(78)79)62(101)94-55(38-44-26-29-50(99)30-27-44)65(104)92-54(70(109)110)23-12-34-88-74(82)83/h7-8,16,19,25-30,36,41-43,47,51-60,99H,1-6,9-15,17-18,20-24,31-35,37-40,75H2,(H,84,89)(H,90,106)(H,91,103)(H,92,104)(H,93,100)(H,94,101)(H,95,105)(H,96,107)(H,97,102)(H,109,110)(H4,76,77,85)(H4,78,79,86)(H4,80,81,87)(H4,82,83,88)/t51-,52-,53-,54-,55-,56-,57-,58-,59-,60?/m0/s1. The maximum Gasteiger partial charge on any atom is 0.326 e. The predicted molar refractivity (Wildman–Crippen MR) is 415 cm³/mol. The molecule has 29 N–H and O–H groups in total. The van der Waals surface area contributed by atoms with E-state index < -0.39 is 125 Å². The molecule has 3 fully saturated rings. The van der Waals surface area contributed by atoms with Crippen LogP contribution in [0.5, 0.6) is 5.75 Å². The number of H-pyrrole nitrogens is 1. The summed E-state index contributed by atoms with van der Waals surface area (Å²) in [5.74, 6) is -9.36. The number of aromatic nitrogens is 2. The fourth-order valence-electron chi connectivity index (χ4n) is 14.1. The van der Waals surface area contributed by atoms with Crippen LogP contribution in [-0.2, 0) is 67.2 Å². The number of phenolic OH excluding ortho intramolecular Hbond substituents is 1. The molecule has 1 aromatic heterocycles. The molecule has 36 heteroatoms. The summed E-state index contributed by atoms with van der Waals surface area (Å²) in [7, 11) is 0. The number of aliphatic imine (C=N–C) groups is 4. The number of hydrogen-bond donors (Lipinski definition) is 20. The van der Waals surface area contributed by atoms with E-state index in [9.17, 15) is 34.2 Å². The van der Waals surface area contributed by atoms with Crippen LogP contribution in [0.3, 0.4) is 0 Å². The molecule has 0 bridgehead atoms. The molecule has 2 aliphatic carbocycles. The van der Waals surface area contributed by atoms with Crippen LogP contribution in [0.25, 0.3) is 10.8 Å². The third-order valence-electron chi connectivity index (χ3n) is 20.0. The number of hydrogen-bond acceptors (Lipinski definition) is 17. The summed E-state index contributed by atoms with van der Waals surface area (Å²) in [5.41, 5.74) is 52.5. The molecule has 10 atom stereocenters. The average molecular weight is 1530 g/mol. The van der Waals surface area contributed by atoms with E-state index >= 15 is 24.0 Å². The van der Waals surface area contributed by atoms with Crippen molar-refractivity contribution in [2.45, 2.75) is 215 Å². The third-order valence-corrected chi connectivity index (χ3v) is 20.0. The number of guanidine groups is 4. The van der Waals surface area contributed by atoms with Gasteiger partial charge in [0, 0.05) is 63.9 Å². The van der Waals surface area contributed by atoms with Crippen LogP contribution in [-0.4, -0.2) is 201 Å². The summed E-state index contributed by atoms with van der Waals surface area (Å²) >= 11 is 0. The summed E-state index contributed by atoms with van der Waals surface area (Å²) in [6.07, 6.45) is 11.5. The minimum atomic E-state index is -1.47. The van der Waals surface area contributed by atoms with Crippen LogP contribution < -0.4 is 94.1 Å². The quantitative estimate of drug-likeness (QED) is 0.0134. The molecule has 1 aliphatic heterocycles. The highest BCUT2D eigenvalue weighted by molar-refractivity contribution is 5.99. The molecule has 4 aromatic rings. The average Bonchev–Trinajstić information content (AvgIpc) is 1.59. The highest BCUT2D eigenvalue weighted by Gasteiger charge is 2.44. The smallest absolute Gasteiger partial charge is 0.326 e. The van der Waals surface area contributed by atoms with Gasteiger partial charge in [0.15, 0.2) is 23.8 Å². The first-order chi connectivity index (χ1) is 52.7. The molecule has 1 unspecified atom stereocenters. The van der Waals surface area contributed by atoms with Crippen molar-refractivity contribution < 1.29 is 58.2 Å². The maximum atomic E-state index is 15.5. The van der Waals surface area contributed by atoms with Gasteiger partial charge in [0.1, 0.15) is 60.1 Å². The van der Waals surface area contributed by atoms with Gasteiger partial charge in [-0.3, -0.25) is 63.1 Å². The highest BCUT2D eigenvalue weighted by Crippen LogP contribution is 2.31. The first kappa shape index (κ1) is 85.9. The molecule has 7 rings (SSSR count). The number of phenols is 1. The molecule has 110 heavy (non-hydrogen) atoms. The molecule has 0 spiro atoms. The second-order valence-electron chi connectivity index (χ2n) is 28.5. The number of carbonyl (C=O) groups excluding carboxylic acids is 9. The summed E-state index contributed by atoms with van der Waals surface area (Å²) in [6, 6.07) is 5.94. The Kier molecular flexibility index (Phi) is 34.5. The van der Waals surface area contributed by atoms with Gasteiger partial charge in [-0.25, -0.2) is 9.78 Å². The molecule has 3 aromatic carbocycles. The fraction of sp³-hybridized carbons (Fsp3) is 0.554. The van der Waals surface area contributed by atoms with Crippen molar-refractivity contribution in [2.75, 3.05) is 32.7 Å². The third kappa shape index (κ3) is 28.7. The highest BCUT2D eigenvalue weighted by atomic mass is 16.4. The number of aromatic hydroxyl groups is 1. The number of fused-ring (bicyclic) bond motifs is 1. The number of aliphatic carboxylic acids is 1. The zero-order valence-corrected chi connectivity index (χ0v) is 62.3. The Morgan fingerprint density at radius 2 is 0.936 bits per heavy atom. The molecule has 36 nitrogen and oxygen atoms in total. The number of carbonyl (C=O) groups is 10. The lowest BCUT2D eigenvalue weighted by molar-refractivity contribution is -0.144. The minimum absolute atomic E-state index is 0.0000790. The van der Waals surface area contributed by atoms with Crippen molar-refractivity contribution in [3.63, 3.8) is 0 Å². The first-order valence-electron chi connectivity index (χ1n) is 37.9. The number of nitrogens with two attached hydrogens (primary N) is 9. The lowest BCUT2D eigenvalue weighted by Gasteiger charge is -2.36. The van der Waals surface area contributed by atoms with E-state index in [2.05, 4.69) is 72.5 Å². The topological polar surface area (TPSA) is 623 Å². The Balaban J connectivity index is 1.13. The molecule has 2 heterocycles. The number of rotatable bonds is 43. The number of nitrogens with zero attached hydrogens (tertiary/aromatic N) is 6. The normalized spacial score (nSPS) is 16.9. The van der Waals surface area contributed by atoms with E-state index in [0.717, 1.165) is 62.1 Å². The van der Waals surface area contributed by atoms with Crippen molar-refractivity contribution in [1.82, 2.24) is 57.4 Å². The molecule has 9 amide bonds. The number of nitrogens with one attached hydrogen (secondary N) is 9. The zero-order valence-electron chi connectivity index (χ0n) is 62.3. The van der Waals surface area contributed by atoms with E-state index in [4.69, 9.17) is 51.6 Å². The Morgan fingerprint density at radius 1 is 0.482 bits per heavy atom. The van der Waals surface area contributed by atoms with E-state index in [-0.39, 0.29) is 145 Å². The van der Waals surface area contributed by atoms with Gasteiger partial charge in [-0.1, -0.05) is 106 Å². The number of likely N-dealkylation sites (tertiary alicyclic amines) is 1. The second-order valence-corrected chi connectivity index (χ2v) is 28.5. The Morgan fingerprint density at radius 3 is 1.47 bits per heavy atom. The Hall–Kier alpha value is -11.3. The van der Waals surface area contributed by atoms with Gasteiger partial charge in [0.2, 0.25) is 53.2 Å². The lowest BCUT2D eigenvalue weighted by atomic mass is 9.83. The van der Waals surface area contributed by atoms with Gasteiger partial charge in [-0.05, 0) is 129 Å². The molecule has 0 radical (unpaired) electrons. The summed E-state index contributed by atoms with van der Waals surface area (Å²) in [5, 5.41) is 44.6. The van der Waals surface area contributed by atoms with Gasteiger partial charge in [-0.2, -0.15) is 0 Å². The number of carboxylic acids is 1. The lowest BCUT2D eigenvalue weighted by Crippen LogP contribution is -2.61. The van der Waals surface area contributed by atoms with E-state index in [1.54, 1.807) is 0 Å². The number of benzene rings is 3. The fourth-order valence-corrected chi connectivity index (χ4v) is 14.1. The van der Waals surface area contributed by atoms with E-state index in [1.165, 1.54) is 41.7 Å². The van der Waals surface area contributed by atoms with Crippen LogP contribution in [0.4, 0.5) is 0 Å². The molecule has 3 aliphatic rings. The van der Waals surface area contributed by atoms with Gasteiger partial charge in [0.25, 0.3) is 0 Å². The molecular weight excluding hydrogens is 1420 g/mol. The molecule has 2 saturated carbocycles. The predicted octanol–water partition coefficient (Wildman–Crippen LogP) is -1.66.